The average Bonchev–Trinajstić information content (AvgIpc) is 2.57. The Balaban J connectivity index is 3.19. The number of halogens is 2. The summed E-state index contributed by atoms with van der Waals surface area (Å²) in [6.07, 6.45) is 7.26. The van der Waals surface area contributed by atoms with Crippen LogP contribution in [0.2, 0.25) is 0 Å². The van der Waals surface area contributed by atoms with Crippen molar-refractivity contribution in [3.63, 3.8) is 0 Å². The molecule has 0 aliphatic rings. The van der Waals surface area contributed by atoms with E-state index in [0.29, 0.717) is 16.7 Å². The van der Waals surface area contributed by atoms with Crippen molar-refractivity contribution < 1.29 is 18.3 Å². The smallest absolute Gasteiger partial charge is 0.411 e. The van der Waals surface area contributed by atoms with Gasteiger partial charge < -0.3 is 4.74 Å². The quantitative estimate of drug-likeness (QED) is 0.358. The summed E-state index contributed by atoms with van der Waals surface area (Å²) >= 11 is 0. The number of carbonyl (C=O) groups is 1. The van der Waals surface area contributed by atoms with E-state index in [-0.39, 0.29) is 5.69 Å². The normalized spacial score (nSPS) is 13.7. The molecule has 0 saturated heterocycles. The highest BCUT2D eigenvalue weighted by molar-refractivity contribution is 7.17. The Bertz CT molecular complexity index is 763. The van der Waals surface area contributed by atoms with Crippen LogP contribution in [0.5, 0.6) is 0 Å². The van der Waals surface area contributed by atoms with Crippen molar-refractivity contribution in [3.05, 3.63) is 47.6 Å². The van der Waals surface area contributed by atoms with Crippen LogP contribution in [0.1, 0.15) is 58.7 Å². The molecule has 1 atom stereocenters. The molecule has 1 rings (SSSR count). The Morgan fingerprint density at radius 3 is 2.64 bits per heavy atom. The third-order valence-electron chi connectivity index (χ3n) is 3.37. The first-order chi connectivity index (χ1) is 12.9. The number of hydrogen-bond donors (Lipinski definition) is 1. The van der Waals surface area contributed by atoms with Gasteiger partial charge in [0.1, 0.15) is 11.3 Å². The molecule has 154 valence electrons. The number of unbranched alkanes of at least 4 members (excludes halogenated alkanes) is 1. The van der Waals surface area contributed by atoms with Gasteiger partial charge in [-0.15, -0.1) is 0 Å². The van der Waals surface area contributed by atoms with Gasteiger partial charge in [-0.25, -0.2) is 4.79 Å². The number of aromatic nitrogens is 1. The number of amides is 1. The van der Waals surface area contributed by atoms with Crippen molar-refractivity contribution in [2.45, 2.75) is 58.7 Å². The first-order valence-corrected chi connectivity index (χ1v) is 9.54. The van der Waals surface area contributed by atoms with Crippen molar-refractivity contribution in [1.82, 2.24) is 10.3 Å². The number of carbonyl (C=O) groups excluding carboxylic acids is 1. The van der Waals surface area contributed by atoms with Crippen molar-refractivity contribution in [3.8, 4) is 0 Å². The molecule has 28 heavy (non-hydrogen) atoms. The number of aliphatic imine (C=N–C) groups is 1. The fraction of sp³-hybridized carbons (Fsp3) is 0.450. The molecule has 1 unspecified atom stereocenters. The lowest BCUT2D eigenvalue weighted by Gasteiger charge is -2.19. The number of alkyl halides is 2. The number of ether oxygens (including phenoxy) is 1. The number of pyridine rings is 1. The number of nitrogens with one attached hydrogen (secondary N) is 1. The first kappa shape index (κ1) is 23.9. The van der Waals surface area contributed by atoms with Gasteiger partial charge >= 0.3 is 6.09 Å². The van der Waals surface area contributed by atoms with Crippen molar-refractivity contribution in [2.24, 2.45) is 4.99 Å². The Hall–Kier alpha value is -2.14. The Labute approximate surface area is 167 Å². The molecule has 0 fully saturated rings. The van der Waals surface area contributed by atoms with E-state index < -0.39 is 17.4 Å². The Morgan fingerprint density at radius 1 is 1.39 bits per heavy atom. The lowest BCUT2D eigenvalue weighted by atomic mass is 10.0. The fourth-order valence-corrected chi connectivity index (χ4v) is 2.23. The van der Waals surface area contributed by atoms with Crippen molar-refractivity contribution in [1.29, 1.82) is 0 Å². The van der Waals surface area contributed by atoms with E-state index in [1.165, 1.54) is 27.7 Å². The van der Waals surface area contributed by atoms with Crippen LogP contribution < -0.4 is 5.32 Å². The van der Waals surface area contributed by atoms with Gasteiger partial charge in [0.2, 0.25) is 0 Å². The highest BCUT2D eigenvalue weighted by Gasteiger charge is 2.26. The fourth-order valence-electron chi connectivity index (χ4n) is 2.07. The van der Waals surface area contributed by atoms with Crippen LogP contribution in [0.3, 0.4) is 0 Å². The average molecular weight is 411 g/mol. The standard InChI is InChI=1S/C20H28F2N3O2P/c1-6-7-9-23-13-16(14(2)12-25-18(26)27-19(3,4)5)15-8-10-24-17(11-15)20(21,22)28/h8-13H,6-7,28H2,1-5H3,(H,25,26)/b14-12-,16-13+,23-9?. The maximum Gasteiger partial charge on any atom is 0.411 e. The minimum Gasteiger partial charge on any atom is -0.444 e. The zero-order valence-electron chi connectivity index (χ0n) is 16.9. The van der Waals surface area contributed by atoms with E-state index >= 15 is 0 Å². The lowest BCUT2D eigenvalue weighted by Crippen LogP contribution is -2.29. The molecular weight excluding hydrogens is 383 g/mol. The third kappa shape index (κ3) is 8.70. The van der Waals surface area contributed by atoms with Gasteiger partial charge in [0.15, 0.2) is 0 Å². The maximum absolute atomic E-state index is 13.6. The predicted octanol–water partition coefficient (Wildman–Crippen LogP) is 5.65. The topological polar surface area (TPSA) is 63.6 Å². The number of rotatable bonds is 7. The second kappa shape index (κ2) is 10.4. The van der Waals surface area contributed by atoms with Crippen LogP contribution in [0.4, 0.5) is 13.6 Å². The number of nitrogens with zero attached hydrogens (tertiary/aromatic N) is 2. The zero-order chi connectivity index (χ0) is 21.4. The van der Waals surface area contributed by atoms with Crippen LogP contribution >= 0.6 is 9.24 Å². The minimum absolute atomic E-state index is 0.369. The van der Waals surface area contributed by atoms with Crippen molar-refractivity contribution in [2.75, 3.05) is 0 Å². The molecule has 0 aliphatic heterocycles. The van der Waals surface area contributed by atoms with E-state index in [1.54, 1.807) is 46.2 Å². The molecule has 1 aromatic rings. The number of hydrogen-bond acceptors (Lipinski definition) is 4. The molecule has 0 spiro atoms. The van der Waals surface area contributed by atoms with Crippen LogP contribution in [-0.2, 0) is 10.4 Å². The monoisotopic (exact) mass is 411 g/mol. The summed E-state index contributed by atoms with van der Waals surface area (Å²) in [4.78, 5) is 19.9. The first-order valence-electron chi connectivity index (χ1n) is 8.96. The Kier molecular flexibility index (Phi) is 8.89. The van der Waals surface area contributed by atoms with E-state index in [4.69, 9.17) is 4.74 Å². The summed E-state index contributed by atoms with van der Waals surface area (Å²) < 4.78 is 32.4. The zero-order valence-corrected chi connectivity index (χ0v) is 18.1. The molecule has 0 aliphatic carbocycles. The van der Waals surface area contributed by atoms with Gasteiger partial charge in [0.25, 0.3) is 5.66 Å². The second-order valence-corrected chi connectivity index (χ2v) is 7.91. The Morgan fingerprint density at radius 2 is 2.07 bits per heavy atom. The molecule has 5 nitrogen and oxygen atoms in total. The molecule has 1 aromatic heterocycles. The van der Waals surface area contributed by atoms with Crippen LogP contribution in [-0.4, -0.2) is 22.9 Å². The van der Waals surface area contributed by atoms with Crippen LogP contribution in [0.15, 0.2) is 41.3 Å². The minimum atomic E-state index is -3.14. The molecule has 0 bridgehead atoms. The highest BCUT2D eigenvalue weighted by Crippen LogP contribution is 2.35. The van der Waals surface area contributed by atoms with Gasteiger partial charge in [-0.3, -0.25) is 15.3 Å². The van der Waals surface area contributed by atoms with Gasteiger partial charge in [-0.05, 0) is 57.4 Å². The van der Waals surface area contributed by atoms with E-state index in [0.717, 1.165) is 12.8 Å². The maximum atomic E-state index is 13.6. The van der Waals surface area contributed by atoms with Gasteiger partial charge in [-0.1, -0.05) is 22.6 Å². The molecule has 0 saturated carbocycles. The second-order valence-electron chi connectivity index (χ2n) is 7.19. The summed E-state index contributed by atoms with van der Waals surface area (Å²) in [5, 5.41) is 2.55. The third-order valence-corrected chi connectivity index (χ3v) is 3.67. The number of alkyl carbamates (subject to hydrolysis) is 1. The van der Waals surface area contributed by atoms with E-state index in [1.807, 2.05) is 6.92 Å². The summed E-state index contributed by atoms with van der Waals surface area (Å²) in [6.45, 7) is 9.06. The van der Waals surface area contributed by atoms with Crippen molar-refractivity contribution >= 4 is 27.1 Å². The van der Waals surface area contributed by atoms with Gasteiger partial charge in [0.05, 0.1) is 0 Å². The molecule has 1 heterocycles. The molecular formula is C20H28F2N3O2P. The molecule has 8 heteroatoms. The van der Waals surface area contributed by atoms with E-state index in [9.17, 15) is 13.6 Å². The molecule has 0 radical (unpaired) electrons. The highest BCUT2D eigenvalue weighted by atomic mass is 31.0. The summed E-state index contributed by atoms with van der Waals surface area (Å²) in [7, 11) is 1.48. The van der Waals surface area contributed by atoms with Gasteiger partial charge in [-0.2, -0.15) is 8.78 Å². The molecule has 0 aromatic carbocycles. The largest absolute Gasteiger partial charge is 0.444 e. The summed E-state index contributed by atoms with van der Waals surface area (Å²) in [5.74, 6) is 0. The molecule has 1 amide bonds. The molecule has 1 N–H and O–H groups in total. The van der Waals surface area contributed by atoms with Crippen LogP contribution in [0.25, 0.3) is 5.57 Å². The van der Waals surface area contributed by atoms with Crippen LogP contribution in [0, 0.1) is 0 Å². The summed E-state index contributed by atoms with van der Waals surface area (Å²) in [5.41, 5.74) is -2.41. The van der Waals surface area contributed by atoms with E-state index in [2.05, 4.69) is 15.3 Å². The lowest BCUT2D eigenvalue weighted by molar-refractivity contribution is 0.0552. The predicted molar refractivity (Wildman–Crippen MR) is 112 cm³/mol. The summed E-state index contributed by atoms with van der Waals surface area (Å²) in [6, 6.07) is 2.92. The SMILES string of the molecule is CCCC=N/C=C(\C(C)=C/NC(=O)OC(C)(C)C)c1ccnc(C(F)(F)P)c1. The van der Waals surface area contributed by atoms with Gasteiger partial charge in [0, 0.05) is 30.4 Å². The number of allylic oxidation sites excluding steroid dienone is 2.